The first-order chi connectivity index (χ1) is 16.3. The van der Waals surface area contributed by atoms with Crippen LogP contribution >= 0.6 is 11.6 Å². The molecular weight excluding hydrogens is 450 g/mol. The fourth-order valence-electron chi connectivity index (χ4n) is 4.02. The zero-order valence-corrected chi connectivity index (χ0v) is 20.0. The van der Waals surface area contributed by atoms with Gasteiger partial charge in [0.1, 0.15) is 11.5 Å². The summed E-state index contributed by atoms with van der Waals surface area (Å²) < 4.78 is 5.76. The van der Waals surface area contributed by atoms with E-state index in [4.69, 9.17) is 16.3 Å². The molecule has 1 N–H and O–H groups in total. The van der Waals surface area contributed by atoms with E-state index in [1.165, 1.54) is 4.90 Å². The topological polar surface area (TPSA) is 66.8 Å². The third-order valence-corrected chi connectivity index (χ3v) is 6.00. The van der Waals surface area contributed by atoms with Gasteiger partial charge in [-0.15, -0.1) is 0 Å². The van der Waals surface area contributed by atoms with Crippen LogP contribution < -0.4 is 9.64 Å². The SMILES string of the molecule is Cc1ccccc1C1/C(=C(/O)c2ccc(Cl)cc2)C(=O)C(=O)N1c1ccc(OCC(C)C)cc1. The van der Waals surface area contributed by atoms with Gasteiger partial charge >= 0.3 is 0 Å². The first kappa shape index (κ1) is 23.6. The number of ketones is 1. The monoisotopic (exact) mass is 475 g/mol. The number of rotatable bonds is 6. The Morgan fingerprint density at radius 1 is 1.00 bits per heavy atom. The molecule has 1 heterocycles. The number of Topliss-reactive ketones (excluding diaryl/α,β-unsaturated/α-hetero) is 1. The quantitative estimate of drug-likeness (QED) is 0.258. The van der Waals surface area contributed by atoms with Crippen LogP contribution in [-0.4, -0.2) is 23.4 Å². The number of aliphatic hydroxyl groups is 1. The minimum atomic E-state index is -0.778. The van der Waals surface area contributed by atoms with Gasteiger partial charge in [-0.3, -0.25) is 14.5 Å². The van der Waals surface area contributed by atoms with Gasteiger partial charge in [-0.25, -0.2) is 0 Å². The van der Waals surface area contributed by atoms with Crippen molar-refractivity contribution in [3.05, 3.63) is 100 Å². The van der Waals surface area contributed by atoms with Gasteiger partial charge < -0.3 is 9.84 Å². The Bertz CT molecular complexity index is 1250. The lowest BCUT2D eigenvalue weighted by Gasteiger charge is -2.26. The Balaban J connectivity index is 1.84. The highest BCUT2D eigenvalue weighted by atomic mass is 35.5. The van der Waals surface area contributed by atoms with E-state index >= 15 is 0 Å². The largest absolute Gasteiger partial charge is 0.507 e. The second-order valence-corrected chi connectivity index (χ2v) is 9.17. The Morgan fingerprint density at radius 2 is 1.65 bits per heavy atom. The molecule has 0 spiro atoms. The Labute approximate surface area is 204 Å². The summed E-state index contributed by atoms with van der Waals surface area (Å²) in [4.78, 5) is 28.0. The summed E-state index contributed by atoms with van der Waals surface area (Å²) in [6, 6.07) is 20.4. The molecule has 0 aliphatic carbocycles. The zero-order chi connectivity index (χ0) is 24.4. The number of nitrogens with zero attached hydrogens (tertiary/aromatic N) is 1. The van der Waals surface area contributed by atoms with Gasteiger partial charge in [0, 0.05) is 16.3 Å². The maximum absolute atomic E-state index is 13.3. The number of aliphatic hydroxyl groups excluding tert-OH is 1. The highest BCUT2D eigenvalue weighted by Gasteiger charge is 2.47. The van der Waals surface area contributed by atoms with Gasteiger partial charge in [0.25, 0.3) is 11.7 Å². The summed E-state index contributed by atoms with van der Waals surface area (Å²) in [7, 11) is 0. The number of anilines is 1. The van der Waals surface area contributed by atoms with Crippen LogP contribution in [0.2, 0.25) is 5.02 Å². The molecule has 5 nitrogen and oxygen atoms in total. The summed E-state index contributed by atoms with van der Waals surface area (Å²) in [5.74, 6) is -0.600. The predicted octanol–water partition coefficient (Wildman–Crippen LogP) is 6.31. The second-order valence-electron chi connectivity index (χ2n) is 8.73. The van der Waals surface area contributed by atoms with Gasteiger partial charge in [-0.05, 0) is 72.5 Å². The third-order valence-electron chi connectivity index (χ3n) is 5.74. The van der Waals surface area contributed by atoms with Crippen molar-refractivity contribution < 1.29 is 19.4 Å². The average molecular weight is 476 g/mol. The Hall–Kier alpha value is -3.57. The average Bonchev–Trinajstić information content (AvgIpc) is 3.08. The lowest BCUT2D eigenvalue weighted by atomic mass is 9.92. The van der Waals surface area contributed by atoms with Crippen molar-refractivity contribution in [2.75, 3.05) is 11.5 Å². The van der Waals surface area contributed by atoms with Crippen LogP contribution in [0.25, 0.3) is 5.76 Å². The summed E-state index contributed by atoms with van der Waals surface area (Å²) >= 11 is 5.99. The summed E-state index contributed by atoms with van der Waals surface area (Å²) in [6.45, 7) is 6.63. The summed E-state index contributed by atoms with van der Waals surface area (Å²) in [6.07, 6.45) is 0. The number of amides is 1. The summed E-state index contributed by atoms with van der Waals surface area (Å²) in [5.41, 5.74) is 2.67. The molecule has 0 saturated carbocycles. The van der Waals surface area contributed by atoms with Gasteiger partial charge in [-0.2, -0.15) is 0 Å². The van der Waals surface area contributed by atoms with Crippen molar-refractivity contribution in [1.29, 1.82) is 0 Å². The Morgan fingerprint density at radius 3 is 2.26 bits per heavy atom. The van der Waals surface area contributed by atoms with Crippen LogP contribution in [0.3, 0.4) is 0 Å². The number of carbonyl (C=O) groups is 2. The molecule has 3 aromatic rings. The number of halogens is 1. The molecule has 6 heteroatoms. The molecule has 1 atom stereocenters. The molecule has 1 unspecified atom stereocenters. The maximum atomic E-state index is 13.3. The number of aryl methyl sites for hydroxylation is 1. The minimum absolute atomic E-state index is 0.0433. The lowest BCUT2D eigenvalue weighted by molar-refractivity contribution is -0.132. The molecule has 1 aliphatic heterocycles. The molecule has 1 aliphatic rings. The molecule has 34 heavy (non-hydrogen) atoms. The van der Waals surface area contributed by atoms with Gasteiger partial charge in [-0.1, -0.05) is 49.7 Å². The van der Waals surface area contributed by atoms with E-state index in [0.717, 1.165) is 11.1 Å². The Kier molecular flexibility index (Phi) is 6.75. The minimum Gasteiger partial charge on any atom is -0.507 e. The van der Waals surface area contributed by atoms with Crippen LogP contribution in [0.1, 0.15) is 36.6 Å². The third kappa shape index (κ3) is 4.57. The standard InChI is InChI=1S/C28H26ClNO4/c1-17(2)16-34-22-14-12-21(13-15-22)30-25(23-7-5-4-6-18(23)3)24(27(32)28(30)33)26(31)19-8-10-20(29)11-9-19/h4-15,17,25,31H,16H2,1-3H3/b26-24-. The van der Waals surface area contributed by atoms with Crippen molar-refractivity contribution in [2.24, 2.45) is 5.92 Å². The maximum Gasteiger partial charge on any atom is 0.300 e. The van der Waals surface area contributed by atoms with Crippen molar-refractivity contribution >= 4 is 34.7 Å². The van der Waals surface area contributed by atoms with Crippen molar-refractivity contribution in [2.45, 2.75) is 26.8 Å². The molecule has 0 radical (unpaired) electrons. The van der Waals surface area contributed by atoms with E-state index in [1.807, 2.05) is 31.2 Å². The van der Waals surface area contributed by atoms with E-state index in [-0.39, 0.29) is 11.3 Å². The van der Waals surface area contributed by atoms with Crippen molar-refractivity contribution in [3.8, 4) is 5.75 Å². The number of hydrogen-bond acceptors (Lipinski definition) is 4. The molecule has 4 rings (SSSR count). The van der Waals surface area contributed by atoms with Gasteiger partial charge in [0.05, 0.1) is 18.2 Å². The number of benzene rings is 3. The molecule has 0 bridgehead atoms. The fraction of sp³-hybridized carbons (Fsp3) is 0.214. The van der Waals surface area contributed by atoms with Crippen LogP contribution in [0, 0.1) is 12.8 Å². The highest BCUT2D eigenvalue weighted by Crippen LogP contribution is 2.43. The van der Waals surface area contributed by atoms with Crippen LogP contribution in [0.4, 0.5) is 5.69 Å². The number of hydrogen-bond donors (Lipinski definition) is 1. The van der Waals surface area contributed by atoms with Crippen LogP contribution in [0.15, 0.2) is 78.4 Å². The van der Waals surface area contributed by atoms with Gasteiger partial charge in [0.2, 0.25) is 0 Å². The summed E-state index contributed by atoms with van der Waals surface area (Å²) in [5, 5.41) is 11.7. The smallest absolute Gasteiger partial charge is 0.300 e. The second kappa shape index (κ2) is 9.74. The fourth-order valence-corrected chi connectivity index (χ4v) is 4.14. The first-order valence-corrected chi connectivity index (χ1v) is 11.5. The van der Waals surface area contributed by atoms with E-state index in [1.54, 1.807) is 48.5 Å². The first-order valence-electron chi connectivity index (χ1n) is 11.1. The van der Waals surface area contributed by atoms with Crippen molar-refractivity contribution in [1.82, 2.24) is 0 Å². The predicted molar refractivity (Wildman–Crippen MR) is 134 cm³/mol. The molecule has 1 amide bonds. The molecule has 1 fully saturated rings. The lowest BCUT2D eigenvalue weighted by Crippen LogP contribution is -2.29. The normalized spacial score (nSPS) is 17.4. The molecular formula is C28H26ClNO4. The number of ether oxygens (including phenoxy) is 1. The molecule has 174 valence electrons. The molecule has 0 aromatic heterocycles. The number of carbonyl (C=O) groups excluding carboxylic acids is 2. The van der Waals surface area contributed by atoms with E-state index < -0.39 is 17.7 Å². The van der Waals surface area contributed by atoms with E-state index in [0.29, 0.717) is 34.5 Å². The van der Waals surface area contributed by atoms with E-state index in [9.17, 15) is 14.7 Å². The molecule has 1 saturated heterocycles. The van der Waals surface area contributed by atoms with Crippen molar-refractivity contribution in [3.63, 3.8) is 0 Å². The zero-order valence-electron chi connectivity index (χ0n) is 19.3. The van der Waals surface area contributed by atoms with Crippen LogP contribution in [0.5, 0.6) is 5.75 Å². The van der Waals surface area contributed by atoms with Gasteiger partial charge in [0.15, 0.2) is 0 Å². The highest BCUT2D eigenvalue weighted by molar-refractivity contribution is 6.51. The van der Waals surface area contributed by atoms with E-state index in [2.05, 4.69) is 13.8 Å². The molecule has 3 aromatic carbocycles. The van der Waals surface area contributed by atoms with Crippen LogP contribution in [-0.2, 0) is 9.59 Å².